The lowest BCUT2D eigenvalue weighted by Crippen LogP contribution is -2.59. The van der Waals surface area contributed by atoms with Gasteiger partial charge in [0.1, 0.15) is 11.4 Å². The molecule has 2 aromatic heterocycles. The molecule has 1 amide bonds. The molecule has 0 unspecified atom stereocenters. The fraction of sp³-hybridized carbons (Fsp3) is 0.333. The highest BCUT2D eigenvalue weighted by atomic mass is 16.5. The number of benzene rings is 2. The fourth-order valence-electron chi connectivity index (χ4n) is 5.95. The molecule has 2 fully saturated rings. The SMILES string of the molecule is COc1ccc(CN2CC3(CCN(c4cnc5c(ccn5Cc5ccc(C(=O)NO)cc5)c4)CC3)C2)cc1. The molecule has 2 aliphatic heterocycles. The Labute approximate surface area is 222 Å². The van der Waals surface area contributed by atoms with Gasteiger partial charge in [-0.05, 0) is 65.8 Å². The maximum atomic E-state index is 11.5. The van der Waals surface area contributed by atoms with Gasteiger partial charge in [-0.3, -0.25) is 14.9 Å². The topological polar surface area (TPSA) is 82.9 Å². The molecule has 2 saturated heterocycles. The van der Waals surface area contributed by atoms with Crippen molar-refractivity contribution < 1.29 is 14.7 Å². The minimum Gasteiger partial charge on any atom is -0.497 e. The minimum absolute atomic E-state index is 0.423. The molecular formula is C30H33N5O3. The van der Waals surface area contributed by atoms with E-state index in [2.05, 4.69) is 44.8 Å². The summed E-state index contributed by atoms with van der Waals surface area (Å²) in [7, 11) is 1.71. The van der Waals surface area contributed by atoms with Gasteiger partial charge in [0.15, 0.2) is 0 Å². The van der Waals surface area contributed by atoms with Crippen LogP contribution in [0.2, 0.25) is 0 Å². The molecule has 0 radical (unpaired) electrons. The van der Waals surface area contributed by atoms with Crippen molar-refractivity contribution in [1.29, 1.82) is 0 Å². The number of aromatic nitrogens is 2. The smallest absolute Gasteiger partial charge is 0.274 e. The van der Waals surface area contributed by atoms with E-state index in [9.17, 15) is 4.79 Å². The number of carbonyl (C=O) groups is 1. The van der Waals surface area contributed by atoms with Crippen LogP contribution >= 0.6 is 0 Å². The summed E-state index contributed by atoms with van der Waals surface area (Å²) in [6.45, 7) is 6.17. The van der Waals surface area contributed by atoms with Crippen molar-refractivity contribution in [3.8, 4) is 5.75 Å². The van der Waals surface area contributed by atoms with Gasteiger partial charge in [0, 0.05) is 56.4 Å². The number of nitrogens with zero attached hydrogens (tertiary/aromatic N) is 4. The molecule has 1 spiro atoms. The van der Waals surface area contributed by atoms with E-state index in [-0.39, 0.29) is 0 Å². The van der Waals surface area contributed by atoms with Crippen molar-refractivity contribution in [2.45, 2.75) is 25.9 Å². The number of anilines is 1. The second kappa shape index (κ2) is 10.1. The molecule has 6 rings (SSSR count). The highest BCUT2D eigenvalue weighted by Gasteiger charge is 2.44. The number of fused-ring (bicyclic) bond motifs is 1. The lowest BCUT2D eigenvalue weighted by molar-refractivity contribution is -0.0240. The Hall–Kier alpha value is -3.88. The first-order chi connectivity index (χ1) is 18.5. The van der Waals surface area contributed by atoms with Crippen LogP contribution in [0.4, 0.5) is 5.69 Å². The van der Waals surface area contributed by atoms with E-state index in [4.69, 9.17) is 14.9 Å². The van der Waals surface area contributed by atoms with E-state index in [1.165, 1.54) is 37.2 Å². The average Bonchev–Trinajstić information content (AvgIpc) is 3.34. The molecular weight excluding hydrogens is 478 g/mol. The molecule has 4 heterocycles. The number of nitrogens with one attached hydrogen (secondary N) is 1. The van der Waals surface area contributed by atoms with E-state index >= 15 is 0 Å². The quantitative estimate of drug-likeness (QED) is 0.284. The second-order valence-electron chi connectivity index (χ2n) is 10.7. The van der Waals surface area contributed by atoms with Gasteiger partial charge >= 0.3 is 0 Å². The van der Waals surface area contributed by atoms with Crippen LogP contribution in [-0.2, 0) is 13.1 Å². The Kier molecular flexibility index (Phi) is 6.51. The summed E-state index contributed by atoms with van der Waals surface area (Å²) in [5.74, 6) is 0.399. The van der Waals surface area contributed by atoms with Crippen molar-refractivity contribution >= 4 is 22.6 Å². The van der Waals surface area contributed by atoms with Crippen molar-refractivity contribution in [3.63, 3.8) is 0 Å². The second-order valence-corrected chi connectivity index (χ2v) is 10.7. The van der Waals surface area contributed by atoms with E-state index in [1.54, 1.807) is 24.7 Å². The number of ether oxygens (including phenoxy) is 1. The molecule has 0 bridgehead atoms. The van der Waals surface area contributed by atoms with E-state index in [1.807, 2.05) is 30.5 Å². The number of amides is 1. The lowest BCUT2D eigenvalue weighted by Gasteiger charge is -2.54. The van der Waals surface area contributed by atoms with Crippen LogP contribution in [0.15, 0.2) is 73.1 Å². The molecule has 2 aliphatic rings. The van der Waals surface area contributed by atoms with Crippen molar-refractivity contribution in [3.05, 3.63) is 89.7 Å². The molecule has 0 saturated carbocycles. The Morgan fingerprint density at radius 1 is 1.00 bits per heavy atom. The van der Waals surface area contributed by atoms with Gasteiger partial charge in [0.25, 0.3) is 5.91 Å². The van der Waals surface area contributed by atoms with Crippen molar-refractivity contribution in [1.82, 2.24) is 19.9 Å². The fourth-order valence-corrected chi connectivity index (χ4v) is 5.95. The zero-order valence-electron chi connectivity index (χ0n) is 21.6. The number of piperidine rings is 1. The van der Waals surface area contributed by atoms with Crippen LogP contribution in [0.25, 0.3) is 11.0 Å². The maximum absolute atomic E-state index is 11.5. The highest BCUT2D eigenvalue weighted by molar-refractivity contribution is 5.93. The number of carbonyl (C=O) groups excluding carboxylic acids is 1. The molecule has 2 aromatic carbocycles. The van der Waals surface area contributed by atoms with Crippen LogP contribution in [0.3, 0.4) is 0 Å². The number of hydrogen-bond acceptors (Lipinski definition) is 6. The van der Waals surface area contributed by atoms with E-state index in [0.29, 0.717) is 17.5 Å². The van der Waals surface area contributed by atoms with Gasteiger partial charge < -0.3 is 14.2 Å². The normalized spacial score (nSPS) is 16.9. The highest BCUT2D eigenvalue weighted by Crippen LogP contribution is 2.42. The summed E-state index contributed by atoms with van der Waals surface area (Å²) in [5, 5.41) is 9.93. The van der Waals surface area contributed by atoms with Crippen LogP contribution in [-0.4, -0.2) is 58.9 Å². The zero-order chi connectivity index (χ0) is 26.1. The monoisotopic (exact) mass is 511 g/mol. The predicted molar refractivity (Wildman–Crippen MR) is 147 cm³/mol. The van der Waals surface area contributed by atoms with Crippen LogP contribution in [0.1, 0.15) is 34.3 Å². The number of pyridine rings is 1. The first kappa shape index (κ1) is 24.5. The standard InChI is InChI=1S/C30H33N5O3/c1-38-27-8-4-22(5-9-27)18-33-20-30(21-33)11-14-34(15-12-30)26-16-25-10-13-35(28(25)31-17-26)19-23-2-6-24(7-3-23)29(36)32-37/h2-10,13,16-17,37H,11-12,14-15,18-21H2,1H3,(H,32,36). The number of likely N-dealkylation sites (tertiary alicyclic amines) is 1. The van der Waals surface area contributed by atoms with E-state index in [0.717, 1.165) is 42.0 Å². The first-order valence-corrected chi connectivity index (χ1v) is 13.1. The molecule has 4 aromatic rings. The molecule has 2 N–H and O–H groups in total. The van der Waals surface area contributed by atoms with Crippen LogP contribution in [0, 0.1) is 5.41 Å². The summed E-state index contributed by atoms with van der Waals surface area (Å²) >= 11 is 0. The maximum Gasteiger partial charge on any atom is 0.274 e. The summed E-state index contributed by atoms with van der Waals surface area (Å²) in [5.41, 5.74) is 7.09. The Balaban J connectivity index is 1.04. The Morgan fingerprint density at radius 3 is 2.37 bits per heavy atom. The largest absolute Gasteiger partial charge is 0.497 e. The van der Waals surface area contributed by atoms with Gasteiger partial charge in [-0.25, -0.2) is 10.5 Å². The lowest BCUT2D eigenvalue weighted by atomic mass is 9.72. The first-order valence-electron chi connectivity index (χ1n) is 13.1. The number of methoxy groups -OCH3 is 1. The summed E-state index contributed by atoms with van der Waals surface area (Å²) in [6, 6.07) is 20.0. The van der Waals surface area contributed by atoms with Crippen LogP contribution in [0.5, 0.6) is 5.75 Å². The van der Waals surface area contributed by atoms with Gasteiger partial charge in [-0.1, -0.05) is 24.3 Å². The minimum atomic E-state index is -0.510. The molecule has 8 heteroatoms. The summed E-state index contributed by atoms with van der Waals surface area (Å²) < 4.78 is 7.39. The zero-order valence-corrected chi connectivity index (χ0v) is 21.6. The predicted octanol–water partition coefficient (Wildman–Crippen LogP) is 4.31. The average molecular weight is 512 g/mol. The molecule has 0 aliphatic carbocycles. The number of hydrogen-bond donors (Lipinski definition) is 2. The van der Waals surface area contributed by atoms with Crippen molar-refractivity contribution in [2.24, 2.45) is 5.41 Å². The van der Waals surface area contributed by atoms with Crippen molar-refractivity contribution in [2.75, 3.05) is 38.2 Å². The van der Waals surface area contributed by atoms with Gasteiger partial charge in [0.2, 0.25) is 0 Å². The molecule has 196 valence electrons. The third kappa shape index (κ3) is 4.85. The third-order valence-electron chi connectivity index (χ3n) is 8.13. The molecule has 38 heavy (non-hydrogen) atoms. The number of hydroxylamine groups is 1. The van der Waals surface area contributed by atoms with Gasteiger partial charge in [-0.2, -0.15) is 0 Å². The Bertz CT molecular complexity index is 1410. The summed E-state index contributed by atoms with van der Waals surface area (Å²) in [6.07, 6.45) is 6.50. The van der Waals surface area contributed by atoms with Crippen LogP contribution < -0.4 is 15.1 Å². The van der Waals surface area contributed by atoms with Gasteiger partial charge in [-0.15, -0.1) is 0 Å². The van der Waals surface area contributed by atoms with E-state index < -0.39 is 5.91 Å². The number of rotatable bonds is 7. The molecule has 0 atom stereocenters. The van der Waals surface area contributed by atoms with Gasteiger partial charge in [0.05, 0.1) is 19.0 Å². The summed E-state index contributed by atoms with van der Waals surface area (Å²) in [4.78, 5) is 21.4. The molecule has 8 nitrogen and oxygen atoms in total. The Morgan fingerprint density at radius 2 is 1.68 bits per heavy atom. The third-order valence-corrected chi connectivity index (χ3v) is 8.13.